The lowest BCUT2D eigenvalue weighted by Crippen LogP contribution is -2.45. The highest BCUT2D eigenvalue weighted by molar-refractivity contribution is 5.65. The summed E-state index contributed by atoms with van der Waals surface area (Å²) in [6, 6.07) is 5.10. The molecule has 2 fully saturated rings. The molecule has 140 valence electrons. The number of nitrogens with two attached hydrogens (primary N) is 1. The van der Waals surface area contributed by atoms with Crippen molar-refractivity contribution in [1.82, 2.24) is 0 Å². The number of nitrogens with zero attached hydrogens (tertiary/aromatic N) is 1. The van der Waals surface area contributed by atoms with Gasteiger partial charge in [0.1, 0.15) is 0 Å². The minimum Gasteiger partial charge on any atom is -0.385 e. The van der Waals surface area contributed by atoms with Crippen molar-refractivity contribution >= 4 is 11.4 Å². The summed E-state index contributed by atoms with van der Waals surface area (Å²) in [5.74, 6) is 0.764. The molecule has 2 aliphatic rings. The molecule has 3 rings (SSSR count). The highest BCUT2D eigenvalue weighted by Gasteiger charge is 2.24. The quantitative estimate of drug-likeness (QED) is 0.870. The lowest BCUT2D eigenvalue weighted by molar-refractivity contribution is -0.00524. The zero-order chi connectivity index (χ0) is 18.0. The predicted molar refractivity (Wildman–Crippen MR) is 107 cm³/mol. The van der Waals surface area contributed by atoms with E-state index < -0.39 is 0 Å². The Bertz CT molecular complexity index is 571. The molecule has 0 aromatic heterocycles. The maximum absolute atomic E-state index is 6.02. The van der Waals surface area contributed by atoms with E-state index >= 15 is 0 Å². The molecule has 1 saturated heterocycles. The van der Waals surface area contributed by atoms with Gasteiger partial charge in [-0.1, -0.05) is 0 Å². The number of hydrogen-bond acceptors (Lipinski definition) is 4. The second-order valence-electron chi connectivity index (χ2n) is 8.28. The highest BCUT2D eigenvalue weighted by atomic mass is 16.5. The third-order valence-electron chi connectivity index (χ3n) is 5.78. The van der Waals surface area contributed by atoms with E-state index in [1.807, 2.05) is 0 Å². The van der Waals surface area contributed by atoms with Crippen molar-refractivity contribution in [3.8, 4) is 0 Å². The van der Waals surface area contributed by atoms with Crippen LogP contribution in [0.1, 0.15) is 50.7 Å². The number of morpholine rings is 1. The van der Waals surface area contributed by atoms with E-state index in [-0.39, 0.29) is 0 Å². The Labute approximate surface area is 153 Å². The molecule has 0 amide bonds. The Hall–Kier alpha value is -1.26. The van der Waals surface area contributed by atoms with Gasteiger partial charge in [-0.15, -0.1) is 0 Å². The summed E-state index contributed by atoms with van der Waals surface area (Å²) in [6.07, 6.45) is 5.45. The Morgan fingerprint density at radius 1 is 1.04 bits per heavy atom. The van der Waals surface area contributed by atoms with Crippen LogP contribution in [0.3, 0.4) is 0 Å². The van der Waals surface area contributed by atoms with Crippen molar-refractivity contribution < 1.29 is 4.74 Å². The number of hydrogen-bond donors (Lipinski definition) is 2. The Morgan fingerprint density at radius 2 is 1.68 bits per heavy atom. The van der Waals surface area contributed by atoms with Crippen LogP contribution in [-0.4, -0.2) is 37.9 Å². The lowest BCUT2D eigenvalue weighted by atomic mass is 9.86. The van der Waals surface area contributed by atoms with Gasteiger partial charge in [-0.05, 0) is 82.6 Å². The fourth-order valence-corrected chi connectivity index (χ4v) is 4.35. The molecule has 1 aliphatic heterocycles. The fraction of sp³-hybridized carbons (Fsp3) is 0.714. The second-order valence-corrected chi connectivity index (χ2v) is 8.28. The van der Waals surface area contributed by atoms with E-state index in [0.717, 1.165) is 25.6 Å². The van der Waals surface area contributed by atoms with Gasteiger partial charge in [0.05, 0.1) is 12.2 Å². The number of nitrogens with one attached hydrogen (secondary N) is 1. The third kappa shape index (κ3) is 4.68. The van der Waals surface area contributed by atoms with Gasteiger partial charge in [-0.25, -0.2) is 0 Å². The van der Waals surface area contributed by atoms with Gasteiger partial charge < -0.3 is 20.7 Å². The zero-order valence-corrected chi connectivity index (χ0v) is 16.3. The van der Waals surface area contributed by atoms with E-state index in [0.29, 0.717) is 18.2 Å². The first-order valence-electron chi connectivity index (χ1n) is 9.93. The molecule has 25 heavy (non-hydrogen) atoms. The first kappa shape index (κ1) is 18.5. The molecule has 2 unspecified atom stereocenters. The summed E-state index contributed by atoms with van der Waals surface area (Å²) in [5, 5.41) is 3.70. The molecule has 4 heteroatoms. The molecule has 0 radical (unpaired) electrons. The van der Waals surface area contributed by atoms with Gasteiger partial charge in [0, 0.05) is 37.1 Å². The molecular weight excluding hydrogens is 310 g/mol. The largest absolute Gasteiger partial charge is 0.385 e. The summed E-state index contributed by atoms with van der Waals surface area (Å²) in [6.45, 7) is 11.8. The van der Waals surface area contributed by atoms with Crippen LogP contribution in [-0.2, 0) is 4.74 Å². The molecule has 1 saturated carbocycles. The van der Waals surface area contributed by atoms with Crippen LogP contribution >= 0.6 is 0 Å². The predicted octanol–water partition coefficient (Wildman–Crippen LogP) is 3.85. The Morgan fingerprint density at radius 3 is 2.32 bits per heavy atom. The molecule has 1 aliphatic carbocycles. The molecule has 2 atom stereocenters. The van der Waals surface area contributed by atoms with E-state index in [1.165, 1.54) is 48.2 Å². The molecule has 1 aromatic rings. The topological polar surface area (TPSA) is 50.5 Å². The summed E-state index contributed by atoms with van der Waals surface area (Å²) in [5.41, 5.74) is 11.3. The van der Waals surface area contributed by atoms with Crippen molar-refractivity contribution in [1.29, 1.82) is 0 Å². The average Bonchev–Trinajstić information content (AvgIpc) is 2.56. The fourth-order valence-electron chi connectivity index (χ4n) is 4.35. The maximum atomic E-state index is 6.02. The van der Waals surface area contributed by atoms with Crippen LogP contribution in [0.2, 0.25) is 0 Å². The summed E-state index contributed by atoms with van der Waals surface area (Å²) < 4.78 is 5.88. The van der Waals surface area contributed by atoms with Gasteiger partial charge >= 0.3 is 0 Å². The van der Waals surface area contributed by atoms with Crippen molar-refractivity contribution in [2.24, 2.45) is 11.7 Å². The first-order chi connectivity index (χ1) is 11.9. The van der Waals surface area contributed by atoms with E-state index in [9.17, 15) is 0 Å². The van der Waals surface area contributed by atoms with E-state index in [1.54, 1.807) is 0 Å². The molecule has 1 heterocycles. The summed E-state index contributed by atoms with van der Waals surface area (Å²) in [7, 11) is 0. The van der Waals surface area contributed by atoms with Crippen LogP contribution in [0.25, 0.3) is 0 Å². The minimum atomic E-state index is 0.291. The summed E-state index contributed by atoms with van der Waals surface area (Å²) in [4.78, 5) is 2.48. The Balaban J connectivity index is 1.65. The first-order valence-corrected chi connectivity index (χ1v) is 9.93. The molecule has 4 nitrogen and oxygen atoms in total. The SMILES string of the molecule is Cc1cc(N2CC(C)OC(C)C2)c(C)cc1NC[C@H]1CC[C@H](N)CC1. The smallest absolute Gasteiger partial charge is 0.0726 e. The van der Waals surface area contributed by atoms with E-state index in [4.69, 9.17) is 10.5 Å². The van der Waals surface area contributed by atoms with Crippen LogP contribution in [0.5, 0.6) is 0 Å². The second kappa shape index (κ2) is 7.96. The number of anilines is 2. The van der Waals surface area contributed by atoms with Crippen molar-refractivity contribution in [3.05, 3.63) is 23.3 Å². The van der Waals surface area contributed by atoms with Gasteiger partial charge in [0.25, 0.3) is 0 Å². The van der Waals surface area contributed by atoms with E-state index in [2.05, 4.69) is 50.0 Å². The molecular formula is C21H35N3O. The van der Waals surface area contributed by atoms with Gasteiger partial charge in [-0.3, -0.25) is 0 Å². The molecule has 1 aromatic carbocycles. The van der Waals surface area contributed by atoms with Crippen LogP contribution in [0, 0.1) is 19.8 Å². The zero-order valence-electron chi connectivity index (χ0n) is 16.3. The minimum absolute atomic E-state index is 0.291. The standard InChI is InChI=1S/C21H35N3O/c1-14-10-21(24-12-16(3)25-17(4)13-24)15(2)9-20(14)23-11-18-5-7-19(22)8-6-18/h9-10,16-19,23H,5-8,11-13,22H2,1-4H3/t16?,17?,18-,19-. The molecule has 0 bridgehead atoms. The highest BCUT2D eigenvalue weighted by Crippen LogP contribution is 2.30. The third-order valence-corrected chi connectivity index (χ3v) is 5.78. The Kier molecular flexibility index (Phi) is 5.90. The van der Waals surface area contributed by atoms with Gasteiger partial charge in [0.15, 0.2) is 0 Å². The van der Waals surface area contributed by atoms with Crippen LogP contribution < -0.4 is 16.0 Å². The number of ether oxygens (including phenoxy) is 1. The number of benzene rings is 1. The van der Waals surface area contributed by atoms with Crippen molar-refractivity contribution in [3.63, 3.8) is 0 Å². The monoisotopic (exact) mass is 345 g/mol. The van der Waals surface area contributed by atoms with Gasteiger partial charge in [-0.2, -0.15) is 0 Å². The van der Waals surface area contributed by atoms with Crippen molar-refractivity contribution in [2.75, 3.05) is 29.9 Å². The molecule has 0 spiro atoms. The normalized spacial score (nSPS) is 30.4. The molecule has 3 N–H and O–H groups in total. The average molecular weight is 346 g/mol. The van der Waals surface area contributed by atoms with Crippen LogP contribution in [0.15, 0.2) is 12.1 Å². The van der Waals surface area contributed by atoms with Crippen molar-refractivity contribution in [2.45, 2.75) is 71.6 Å². The number of rotatable bonds is 4. The maximum Gasteiger partial charge on any atom is 0.0726 e. The number of aryl methyl sites for hydroxylation is 2. The lowest BCUT2D eigenvalue weighted by Gasteiger charge is -2.38. The summed E-state index contributed by atoms with van der Waals surface area (Å²) >= 11 is 0. The van der Waals surface area contributed by atoms with Gasteiger partial charge in [0.2, 0.25) is 0 Å². The van der Waals surface area contributed by atoms with Crippen LogP contribution in [0.4, 0.5) is 11.4 Å².